The van der Waals surface area contributed by atoms with Crippen LogP contribution >= 0.6 is 11.6 Å². The molecule has 1 heterocycles. The Morgan fingerprint density at radius 2 is 2.12 bits per heavy atom. The van der Waals surface area contributed by atoms with Crippen LogP contribution in [0.25, 0.3) is 17.2 Å². The van der Waals surface area contributed by atoms with E-state index in [2.05, 4.69) is 35.9 Å². The minimum absolute atomic E-state index is 0.162. The van der Waals surface area contributed by atoms with E-state index < -0.39 is 0 Å². The number of nitrogens with two attached hydrogens (primary N) is 1. The maximum absolute atomic E-state index is 7.47. The van der Waals surface area contributed by atoms with Gasteiger partial charge in [-0.2, -0.15) is 0 Å². The molecule has 32 heavy (non-hydrogen) atoms. The normalized spacial score (nSPS) is 12.3. The van der Waals surface area contributed by atoms with Gasteiger partial charge < -0.3 is 25.6 Å². The molecular formula is C24H26ClN5O2. The first-order chi connectivity index (χ1) is 15.3. The van der Waals surface area contributed by atoms with E-state index in [9.17, 15) is 0 Å². The lowest BCUT2D eigenvalue weighted by molar-refractivity contribution is 0.423. The van der Waals surface area contributed by atoms with Crippen molar-refractivity contribution in [3.8, 4) is 11.5 Å². The second-order valence-electron chi connectivity index (χ2n) is 7.40. The van der Waals surface area contributed by atoms with Gasteiger partial charge in [0.15, 0.2) is 0 Å². The number of allylic oxidation sites excluding steroid dienone is 1. The fourth-order valence-electron chi connectivity index (χ4n) is 2.85. The molecule has 8 heteroatoms. The smallest absolute Gasteiger partial charge is 0.320 e. The topological polar surface area (TPSA) is 110 Å². The molecule has 0 amide bonds. The molecule has 0 aliphatic rings. The van der Waals surface area contributed by atoms with Gasteiger partial charge in [0.1, 0.15) is 5.76 Å². The standard InChI is InChI=1S/C24H26ClN5O2/c1-5-14(2)15(3)13-31-16(4)17-7-6-8-18(11-17)23-29-30-24(32-23)28-21-10-9-20(27)19(12-26)22(21)25/h6-14,26H,4-5,27H2,1-3H3,(H,28,30)/b15-13-,26-12?. The Morgan fingerprint density at radius 1 is 1.34 bits per heavy atom. The Labute approximate surface area is 192 Å². The van der Waals surface area contributed by atoms with E-state index in [4.69, 9.17) is 31.9 Å². The molecule has 0 aliphatic carbocycles. The molecular weight excluding hydrogens is 426 g/mol. The van der Waals surface area contributed by atoms with E-state index in [1.165, 1.54) is 0 Å². The van der Waals surface area contributed by atoms with Crippen molar-refractivity contribution in [1.82, 2.24) is 10.2 Å². The predicted octanol–water partition coefficient (Wildman–Crippen LogP) is 6.65. The number of nitrogens with one attached hydrogen (secondary N) is 2. The number of hydrogen-bond donors (Lipinski definition) is 3. The zero-order valence-electron chi connectivity index (χ0n) is 18.3. The number of nitrogen functional groups attached to an aromatic ring is 1. The van der Waals surface area contributed by atoms with Crippen molar-refractivity contribution >= 4 is 41.0 Å². The van der Waals surface area contributed by atoms with E-state index >= 15 is 0 Å². The summed E-state index contributed by atoms with van der Waals surface area (Å²) in [5, 5.41) is 18.9. The second-order valence-corrected chi connectivity index (χ2v) is 7.78. The molecule has 3 rings (SSSR count). The zero-order chi connectivity index (χ0) is 23.3. The van der Waals surface area contributed by atoms with E-state index in [1.807, 2.05) is 31.2 Å². The van der Waals surface area contributed by atoms with Crippen LogP contribution < -0.4 is 11.1 Å². The molecule has 0 aliphatic heterocycles. The van der Waals surface area contributed by atoms with Crippen molar-refractivity contribution in [2.75, 3.05) is 11.1 Å². The molecule has 1 atom stereocenters. The van der Waals surface area contributed by atoms with Crippen molar-refractivity contribution in [3.63, 3.8) is 0 Å². The average molecular weight is 452 g/mol. The summed E-state index contributed by atoms with van der Waals surface area (Å²) in [6.07, 6.45) is 3.89. The van der Waals surface area contributed by atoms with Gasteiger partial charge in [0.05, 0.1) is 17.0 Å². The summed E-state index contributed by atoms with van der Waals surface area (Å²) < 4.78 is 11.5. The molecule has 0 saturated heterocycles. The third kappa shape index (κ3) is 5.18. The molecule has 1 aromatic heterocycles. The molecule has 4 N–H and O–H groups in total. The number of nitrogens with zero attached hydrogens (tertiary/aromatic N) is 2. The van der Waals surface area contributed by atoms with Gasteiger partial charge in [0.2, 0.25) is 5.89 Å². The Hall–Kier alpha value is -3.58. The van der Waals surface area contributed by atoms with Crippen LogP contribution in [0.3, 0.4) is 0 Å². The van der Waals surface area contributed by atoms with E-state index in [-0.39, 0.29) is 6.01 Å². The fraction of sp³-hybridized carbons (Fsp3) is 0.208. The Balaban J connectivity index is 1.77. The number of anilines is 3. The van der Waals surface area contributed by atoms with Crippen LogP contribution in [0.2, 0.25) is 5.02 Å². The number of halogens is 1. The monoisotopic (exact) mass is 451 g/mol. The summed E-state index contributed by atoms with van der Waals surface area (Å²) in [5.41, 5.74) is 9.86. The summed E-state index contributed by atoms with van der Waals surface area (Å²) in [6, 6.07) is 11.0. The largest absolute Gasteiger partial charge is 0.465 e. The van der Waals surface area contributed by atoms with Crippen molar-refractivity contribution in [3.05, 3.63) is 71.0 Å². The number of rotatable bonds is 9. The molecule has 3 aromatic rings. The summed E-state index contributed by atoms with van der Waals surface area (Å²) in [6.45, 7) is 10.4. The van der Waals surface area contributed by atoms with Crippen molar-refractivity contribution in [2.45, 2.75) is 27.2 Å². The first kappa shape index (κ1) is 23.1. The highest BCUT2D eigenvalue weighted by Crippen LogP contribution is 2.32. The van der Waals surface area contributed by atoms with Crippen LogP contribution in [-0.4, -0.2) is 16.4 Å². The lowest BCUT2D eigenvalue weighted by atomic mass is 10.0. The first-order valence-corrected chi connectivity index (χ1v) is 10.5. The number of ether oxygens (including phenoxy) is 1. The lowest BCUT2D eigenvalue weighted by Gasteiger charge is -2.11. The Kier molecular flexibility index (Phi) is 7.33. The van der Waals surface area contributed by atoms with E-state index in [0.717, 1.165) is 29.3 Å². The minimum Gasteiger partial charge on any atom is -0.465 e. The predicted molar refractivity (Wildman–Crippen MR) is 130 cm³/mol. The average Bonchev–Trinajstić information content (AvgIpc) is 3.27. The van der Waals surface area contributed by atoms with Gasteiger partial charge in [0.25, 0.3) is 0 Å². The van der Waals surface area contributed by atoms with Gasteiger partial charge in [-0.3, -0.25) is 0 Å². The summed E-state index contributed by atoms with van der Waals surface area (Å²) in [5.74, 6) is 1.30. The molecule has 166 valence electrons. The SMILES string of the molecule is C=C(O/C=C(/C)C(C)CC)c1cccc(-c2nnc(Nc3ccc(N)c(C=N)c3Cl)o2)c1. The molecule has 7 nitrogen and oxygen atoms in total. The third-order valence-corrected chi connectivity index (χ3v) is 5.64. The fourth-order valence-corrected chi connectivity index (χ4v) is 3.13. The summed E-state index contributed by atoms with van der Waals surface area (Å²) in [7, 11) is 0. The van der Waals surface area contributed by atoms with E-state index in [1.54, 1.807) is 18.4 Å². The molecule has 1 unspecified atom stereocenters. The third-order valence-electron chi connectivity index (χ3n) is 5.23. The van der Waals surface area contributed by atoms with Crippen LogP contribution in [0.4, 0.5) is 17.4 Å². The number of benzene rings is 2. The maximum Gasteiger partial charge on any atom is 0.320 e. The second kappa shape index (κ2) is 10.2. The van der Waals surface area contributed by atoms with Gasteiger partial charge in [-0.25, -0.2) is 0 Å². The zero-order valence-corrected chi connectivity index (χ0v) is 19.0. The quantitative estimate of drug-likeness (QED) is 0.191. The van der Waals surface area contributed by atoms with Crippen LogP contribution in [0.15, 0.2) is 59.2 Å². The minimum atomic E-state index is 0.162. The molecule has 0 bridgehead atoms. The molecule has 0 radical (unpaired) electrons. The van der Waals surface area contributed by atoms with Crippen LogP contribution in [-0.2, 0) is 4.74 Å². The highest BCUT2D eigenvalue weighted by atomic mass is 35.5. The van der Waals surface area contributed by atoms with Crippen LogP contribution in [0.5, 0.6) is 0 Å². The van der Waals surface area contributed by atoms with E-state index in [0.29, 0.717) is 39.5 Å². The van der Waals surface area contributed by atoms with Gasteiger partial charge in [-0.05, 0) is 49.1 Å². The lowest BCUT2D eigenvalue weighted by Crippen LogP contribution is -1.98. The molecule has 2 aromatic carbocycles. The Morgan fingerprint density at radius 3 is 2.84 bits per heavy atom. The van der Waals surface area contributed by atoms with Crippen LogP contribution in [0, 0.1) is 11.3 Å². The van der Waals surface area contributed by atoms with Crippen LogP contribution in [0.1, 0.15) is 38.3 Å². The highest BCUT2D eigenvalue weighted by molar-refractivity contribution is 6.36. The highest BCUT2D eigenvalue weighted by Gasteiger charge is 2.14. The van der Waals surface area contributed by atoms with Crippen molar-refractivity contribution < 1.29 is 9.15 Å². The van der Waals surface area contributed by atoms with Gasteiger partial charge in [-0.1, -0.05) is 49.3 Å². The summed E-state index contributed by atoms with van der Waals surface area (Å²) in [4.78, 5) is 0. The van der Waals surface area contributed by atoms with Crippen molar-refractivity contribution in [2.24, 2.45) is 5.92 Å². The summed E-state index contributed by atoms with van der Waals surface area (Å²) >= 11 is 6.31. The molecule has 0 spiro atoms. The molecule has 0 saturated carbocycles. The number of aromatic nitrogens is 2. The van der Waals surface area contributed by atoms with Gasteiger partial charge in [0, 0.05) is 28.6 Å². The first-order valence-electron chi connectivity index (χ1n) is 10.2. The Bertz CT molecular complexity index is 1170. The van der Waals surface area contributed by atoms with Gasteiger partial charge in [-0.15, -0.1) is 5.10 Å². The maximum atomic E-state index is 7.47. The van der Waals surface area contributed by atoms with Gasteiger partial charge >= 0.3 is 6.01 Å². The molecule has 0 fully saturated rings. The number of hydrogen-bond acceptors (Lipinski definition) is 7. The van der Waals surface area contributed by atoms with Crippen molar-refractivity contribution in [1.29, 1.82) is 5.41 Å².